The van der Waals surface area contributed by atoms with E-state index in [1.807, 2.05) is 61.5 Å². The fraction of sp³-hybridized carbons (Fsp3) is 0.333. The molecule has 2 amide bonds. The fourth-order valence-corrected chi connectivity index (χ4v) is 3.58. The van der Waals surface area contributed by atoms with Crippen LogP contribution in [-0.4, -0.2) is 35.1 Å². The van der Waals surface area contributed by atoms with Gasteiger partial charge in [0.2, 0.25) is 11.8 Å². The van der Waals surface area contributed by atoms with Gasteiger partial charge in [-0.3, -0.25) is 9.59 Å². The third-order valence-corrected chi connectivity index (χ3v) is 5.61. The molecule has 0 aromatic heterocycles. The normalized spacial score (nSPS) is 11.7. The molecule has 0 saturated heterocycles. The quantitative estimate of drug-likeness (QED) is 0.575. The van der Waals surface area contributed by atoms with Gasteiger partial charge in [0.15, 0.2) is 0 Å². The van der Waals surface area contributed by atoms with Crippen molar-refractivity contribution in [1.29, 1.82) is 0 Å². The maximum absolute atomic E-state index is 12.9. The summed E-state index contributed by atoms with van der Waals surface area (Å²) in [6, 6.07) is 17.1. The number of rotatable bonds is 9. The van der Waals surface area contributed by atoms with E-state index in [4.69, 9.17) is 0 Å². The van der Waals surface area contributed by atoms with Crippen LogP contribution in [0.4, 0.5) is 0 Å². The molecule has 1 N–H and O–H groups in total. The maximum Gasteiger partial charge on any atom is 0.242 e. The molecule has 0 radical (unpaired) electrons. The van der Waals surface area contributed by atoms with Gasteiger partial charge < -0.3 is 10.2 Å². The Morgan fingerprint density at radius 2 is 1.78 bits per heavy atom. The van der Waals surface area contributed by atoms with Crippen LogP contribution < -0.4 is 5.32 Å². The summed E-state index contributed by atoms with van der Waals surface area (Å²) < 4.78 is 0.984. The Bertz CT molecular complexity index is 738. The van der Waals surface area contributed by atoms with Crippen LogP contribution in [0.25, 0.3) is 0 Å². The number of thioether (sulfide) groups is 1. The van der Waals surface area contributed by atoms with Gasteiger partial charge in [-0.25, -0.2) is 0 Å². The van der Waals surface area contributed by atoms with Gasteiger partial charge in [-0.2, -0.15) is 0 Å². The molecule has 0 saturated carbocycles. The summed E-state index contributed by atoms with van der Waals surface area (Å²) in [5.74, 6) is 0.129. The van der Waals surface area contributed by atoms with Gasteiger partial charge in [-0.05, 0) is 43.2 Å². The highest BCUT2D eigenvalue weighted by Crippen LogP contribution is 2.20. The first-order valence-electron chi connectivity index (χ1n) is 9.00. The van der Waals surface area contributed by atoms with E-state index in [1.54, 1.807) is 11.8 Å². The van der Waals surface area contributed by atoms with Crippen LogP contribution in [0, 0.1) is 0 Å². The van der Waals surface area contributed by atoms with Crippen molar-refractivity contribution in [3.05, 3.63) is 64.6 Å². The number of nitrogens with zero attached hydrogens (tertiary/aromatic N) is 1. The van der Waals surface area contributed by atoms with Crippen LogP contribution in [0.3, 0.4) is 0 Å². The van der Waals surface area contributed by atoms with E-state index >= 15 is 0 Å². The Hall–Kier alpha value is -1.79. The zero-order valence-corrected chi connectivity index (χ0v) is 18.1. The fourth-order valence-electron chi connectivity index (χ4n) is 2.51. The molecule has 2 aromatic rings. The van der Waals surface area contributed by atoms with E-state index in [9.17, 15) is 9.59 Å². The van der Waals surface area contributed by atoms with Crippen molar-refractivity contribution in [3.8, 4) is 0 Å². The topological polar surface area (TPSA) is 49.4 Å². The molecule has 0 heterocycles. The summed E-state index contributed by atoms with van der Waals surface area (Å²) in [7, 11) is 0. The summed E-state index contributed by atoms with van der Waals surface area (Å²) in [5.41, 5.74) is 0.992. The lowest BCUT2D eigenvalue weighted by molar-refractivity contribution is -0.138. The highest BCUT2D eigenvalue weighted by molar-refractivity contribution is 9.10. The summed E-state index contributed by atoms with van der Waals surface area (Å²) in [6.45, 7) is 4.81. The third-order valence-electron chi connectivity index (χ3n) is 4.09. The molecule has 144 valence electrons. The van der Waals surface area contributed by atoms with E-state index in [0.29, 0.717) is 18.8 Å². The van der Waals surface area contributed by atoms with E-state index in [-0.39, 0.29) is 11.8 Å². The second-order valence-electron chi connectivity index (χ2n) is 6.22. The highest BCUT2D eigenvalue weighted by atomic mass is 79.9. The van der Waals surface area contributed by atoms with Gasteiger partial charge in [-0.15, -0.1) is 11.8 Å². The Kier molecular flexibility index (Phi) is 8.88. The van der Waals surface area contributed by atoms with E-state index in [2.05, 4.69) is 21.2 Å². The number of halogens is 1. The maximum atomic E-state index is 12.9. The Labute approximate surface area is 173 Å². The number of nitrogens with one attached hydrogen (secondary N) is 1. The number of carbonyl (C=O) groups is 2. The van der Waals surface area contributed by atoms with Crippen LogP contribution in [-0.2, 0) is 16.1 Å². The summed E-state index contributed by atoms with van der Waals surface area (Å²) in [6.07, 6.45) is 0.864. The molecule has 1 atom stereocenters. The Morgan fingerprint density at radius 3 is 2.41 bits per heavy atom. The van der Waals surface area contributed by atoms with Crippen molar-refractivity contribution in [2.24, 2.45) is 0 Å². The largest absolute Gasteiger partial charge is 0.354 e. The molecule has 0 aliphatic heterocycles. The molecule has 1 unspecified atom stereocenters. The van der Waals surface area contributed by atoms with Gasteiger partial charge >= 0.3 is 0 Å². The molecule has 0 bridgehead atoms. The SMILES string of the molecule is CCCNC(=O)C(C)N(Cc1ccc(Br)cc1)C(=O)CSc1ccccc1. The lowest BCUT2D eigenvalue weighted by Crippen LogP contribution is -2.48. The van der Waals surface area contributed by atoms with Crippen molar-refractivity contribution in [2.45, 2.75) is 37.8 Å². The summed E-state index contributed by atoms with van der Waals surface area (Å²) >= 11 is 4.91. The summed E-state index contributed by atoms with van der Waals surface area (Å²) in [5, 5.41) is 2.89. The predicted molar refractivity (Wildman–Crippen MR) is 115 cm³/mol. The van der Waals surface area contributed by atoms with Crippen LogP contribution >= 0.6 is 27.7 Å². The molecule has 2 aromatic carbocycles. The van der Waals surface area contributed by atoms with E-state index in [1.165, 1.54) is 11.8 Å². The minimum Gasteiger partial charge on any atom is -0.354 e. The summed E-state index contributed by atoms with van der Waals surface area (Å²) in [4.78, 5) is 28.1. The monoisotopic (exact) mass is 448 g/mol. The molecule has 4 nitrogen and oxygen atoms in total. The highest BCUT2D eigenvalue weighted by Gasteiger charge is 2.25. The van der Waals surface area contributed by atoms with Crippen LogP contribution in [0.1, 0.15) is 25.8 Å². The molecule has 0 aliphatic carbocycles. The lowest BCUT2D eigenvalue weighted by Gasteiger charge is -2.28. The number of hydrogen-bond acceptors (Lipinski definition) is 3. The molecule has 6 heteroatoms. The van der Waals surface area contributed by atoms with Gasteiger partial charge in [0.1, 0.15) is 6.04 Å². The second kappa shape index (κ2) is 11.1. The van der Waals surface area contributed by atoms with Crippen LogP contribution in [0.15, 0.2) is 64.0 Å². The van der Waals surface area contributed by atoms with E-state index in [0.717, 1.165) is 21.4 Å². The van der Waals surface area contributed by atoms with E-state index < -0.39 is 6.04 Å². The lowest BCUT2D eigenvalue weighted by atomic mass is 10.1. The first kappa shape index (κ1) is 21.5. The van der Waals surface area contributed by atoms with Gasteiger partial charge in [0.05, 0.1) is 5.75 Å². The average molecular weight is 449 g/mol. The smallest absolute Gasteiger partial charge is 0.242 e. The van der Waals surface area contributed by atoms with Crippen LogP contribution in [0.5, 0.6) is 0 Å². The first-order chi connectivity index (χ1) is 13.0. The van der Waals surface area contributed by atoms with Gasteiger partial charge in [0, 0.05) is 22.5 Å². The van der Waals surface area contributed by atoms with Crippen molar-refractivity contribution < 1.29 is 9.59 Å². The molecule has 0 fully saturated rings. The molecular weight excluding hydrogens is 424 g/mol. The number of amides is 2. The zero-order chi connectivity index (χ0) is 19.6. The van der Waals surface area contributed by atoms with Gasteiger partial charge in [-0.1, -0.05) is 53.2 Å². The van der Waals surface area contributed by atoms with Crippen molar-refractivity contribution in [3.63, 3.8) is 0 Å². The standard InChI is InChI=1S/C21H25BrN2O2S/c1-3-13-23-21(26)16(2)24(14-17-9-11-18(22)12-10-17)20(25)15-27-19-7-5-4-6-8-19/h4-12,16H,3,13-15H2,1-2H3,(H,23,26). The van der Waals surface area contributed by atoms with Crippen molar-refractivity contribution in [1.82, 2.24) is 10.2 Å². The molecular formula is C21H25BrN2O2S. The molecule has 27 heavy (non-hydrogen) atoms. The van der Waals surface area contributed by atoms with Gasteiger partial charge in [0.25, 0.3) is 0 Å². The van der Waals surface area contributed by atoms with Crippen molar-refractivity contribution in [2.75, 3.05) is 12.3 Å². The Balaban J connectivity index is 2.10. The molecule has 2 rings (SSSR count). The molecule has 0 spiro atoms. The van der Waals surface area contributed by atoms with Crippen LogP contribution in [0.2, 0.25) is 0 Å². The zero-order valence-electron chi connectivity index (χ0n) is 15.7. The Morgan fingerprint density at radius 1 is 1.11 bits per heavy atom. The minimum atomic E-state index is -0.524. The third kappa shape index (κ3) is 7.03. The minimum absolute atomic E-state index is 0.0501. The first-order valence-corrected chi connectivity index (χ1v) is 10.8. The predicted octanol–water partition coefficient (Wildman–Crippen LogP) is 4.48. The number of benzene rings is 2. The average Bonchev–Trinajstić information content (AvgIpc) is 2.70. The van der Waals surface area contributed by atoms with Crippen molar-refractivity contribution >= 4 is 39.5 Å². The molecule has 0 aliphatic rings. The second-order valence-corrected chi connectivity index (χ2v) is 8.18. The number of carbonyl (C=O) groups excluding carboxylic acids is 2. The number of hydrogen-bond donors (Lipinski definition) is 1.